The standard InChI is InChI=1S/C19H28N2O3/c1-15-13-17(20(2)18(22)9-10-19(23)24-3)11-12-21(15)14-16-7-5-4-6-8-16/h4-8,15,17H,9-14H2,1-3H3/t15-,17-/m1/s1. The van der Waals surface area contributed by atoms with E-state index in [1.807, 2.05) is 18.0 Å². The summed E-state index contributed by atoms with van der Waals surface area (Å²) in [5.74, 6) is -0.308. The summed E-state index contributed by atoms with van der Waals surface area (Å²) >= 11 is 0. The van der Waals surface area contributed by atoms with Gasteiger partial charge in [-0.3, -0.25) is 14.5 Å². The van der Waals surface area contributed by atoms with Crippen molar-refractivity contribution in [2.24, 2.45) is 0 Å². The molecular formula is C19H28N2O3. The molecule has 0 unspecified atom stereocenters. The Morgan fingerprint density at radius 2 is 1.96 bits per heavy atom. The molecule has 5 heteroatoms. The highest BCUT2D eigenvalue weighted by Gasteiger charge is 2.29. The van der Waals surface area contributed by atoms with Crippen LogP contribution in [-0.4, -0.2) is 54.5 Å². The van der Waals surface area contributed by atoms with Gasteiger partial charge in [-0.2, -0.15) is 0 Å². The fraction of sp³-hybridized carbons (Fsp3) is 0.579. The lowest BCUT2D eigenvalue weighted by Crippen LogP contribution is -2.49. The van der Waals surface area contributed by atoms with E-state index in [-0.39, 0.29) is 30.8 Å². The third-order valence-electron chi connectivity index (χ3n) is 4.93. The van der Waals surface area contributed by atoms with Gasteiger partial charge in [0.2, 0.25) is 5.91 Å². The third kappa shape index (κ3) is 5.06. The summed E-state index contributed by atoms with van der Waals surface area (Å²) in [5.41, 5.74) is 1.32. The third-order valence-corrected chi connectivity index (χ3v) is 4.93. The minimum absolute atomic E-state index is 0.0223. The number of rotatable bonds is 6. The minimum atomic E-state index is -0.331. The predicted octanol–water partition coefficient (Wildman–Crippen LogP) is 2.45. The van der Waals surface area contributed by atoms with Crippen LogP contribution in [-0.2, 0) is 20.9 Å². The summed E-state index contributed by atoms with van der Waals surface area (Å²) in [4.78, 5) is 27.7. The molecular weight excluding hydrogens is 304 g/mol. The van der Waals surface area contributed by atoms with E-state index in [9.17, 15) is 9.59 Å². The summed E-state index contributed by atoms with van der Waals surface area (Å²) in [6.45, 7) is 4.16. The van der Waals surface area contributed by atoms with E-state index in [0.717, 1.165) is 25.9 Å². The fourth-order valence-corrected chi connectivity index (χ4v) is 3.29. The predicted molar refractivity (Wildman–Crippen MR) is 93.4 cm³/mol. The maximum Gasteiger partial charge on any atom is 0.306 e. The van der Waals surface area contributed by atoms with Crippen LogP contribution < -0.4 is 0 Å². The lowest BCUT2D eigenvalue weighted by molar-refractivity contribution is -0.144. The average molecular weight is 332 g/mol. The molecule has 0 spiro atoms. The molecule has 1 aromatic rings. The number of esters is 1. The Labute approximate surface area is 144 Å². The molecule has 1 aliphatic heterocycles. The molecule has 0 N–H and O–H groups in total. The molecule has 5 nitrogen and oxygen atoms in total. The van der Waals surface area contributed by atoms with Gasteiger partial charge in [-0.15, -0.1) is 0 Å². The second-order valence-electron chi connectivity index (χ2n) is 6.56. The minimum Gasteiger partial charge on any atom is -0.469 e. The molecule has 24 heavy (non-hydrogen) atoms. The number of carbonyl (C=O) groups excluding carboxylic acids is 2. The van der Waals surface area contributed by atoms with Gasteiger partial charge in [0.1, 0.15) is 0 Å². The Morgan fingerprint density at radius 1 is 1.25 bits per heavy atom. The Hall–Kier alpha value is -1.88. The second-order valence-corrected chi connectivity index (χ2v) is 6.56. The normalized spacial score (nSPS) is 21.3. The Bertz CT molecular complexity index is 547. The van der Waals surface area contributed by atoms with Crippen LogP contribution in [0.1, 0.15) is 38.2 Å². The Kier molecular flexibility index (Phi) is 6.79. The van der Waals surface area contributed by atoms with Crippen molar-refractivity contribution in [3.8, 4) is 0 Å². The zero-order chi connectivity index (χ0) is 17.5. The van der Waals surface area contributed by atoms with Crippen molar-refractivity contribution in [3.63, 3.8) is 0 Å². The number of hydrogen-bond donors (Lipinski definition) is 0. The van der Waals surface area contributed by atoms with Crippen LogP contribution in [0.2, 0.25) is 0 Å². The SMILES string of the molecule is COC(=O)CCC(=O)N(C)[C@@H]1CCN(Cc2ccccc2)[C@H](C)C1. The van der Waals surface area contributed by atoms with Gasteiger partial charge < -0.3 is 9.64 Å². The topological polar surface area (TPSA) is 49.9 Å². The molecule has 1 aromatic carbocycles. The van der Waals surface area contributed by atoms with Crippen molar-refractivity contribution in [2.45, 2.75) is 51.2 Å². The smallest absolute Gasteiger partial charge is 0.306 e. The first-order chi connectivity index (χ1) is 11.5. The van der Waals surface area contributed by atoms with Crippen LogP contribution in [0, 0.1) is 0 Å². The summed E-state index contributed by atoms with van der Waals surface area (Å²) in [7, 11) is 3.20. The maximum absolute atomic E-state index is 12.2. The highest BCUT2D eigenvalue weighted by atomic mass is 16.5. The van der Waals surface area contributed by atoms with Crippen molar-refractivity contribution in [2.75, 3.05) is 20.7 Å². The van der Waals surface area contributed by atoms with E-state index in [1.54, 1.807) is 0 Å². The number of likely N-dealkylation sites (tertiary alicyclic amines) is 1. The van der Waals surface area contributed by atoms with E-state index in [1.165, 1.54) is 12.7 Å². The number of carbonyl (C=O) groups is 2. The average Bonchev–Trinajstić information content (AvgIpc) is 2.61. The number of methoxy groups -OCH3 is 1. The largest absolute Gasteiger partial charge is 0.469 e. The number of ether oxygens (including phenoxy) is 1. The van der Waals surface area contributed by atoms with E-state index >= 15 is 0 Å². The van der Waals surface area contributed by atoms with Gasteiger partial charge in [0.25, 0.3) is 0 Å². The van der Waals surface area contributed by atoms with Crippen molar-refractivity contribution < 1.29 is 14.3 Å². The molecule has 0 aromatic heterocycles. The Balaban J connectivity index is 1.83. The molecule has 132 valence electrons. The molecule has 1 aliphatic rings. The molecule has 0 bridgehead atoms. The molecule has 2 atom stereocenters. The van der Waals surface area contributed by atoms with Crippen molar-refractivity contribution in [1.82, 2.24) is 9.80 Å². The molecule has 1 fully saturated rings. The van der Waals surface area contributed by atoms with Crippen molar-refractivity contribution >= 4 is 11.9 Å². The van der Waals surface area contributed by atoms with Gasteiger partial charge in [-0.1, -0.05) is 30.3 Å². The molecule has 2 rings (SSSR count). The molecule has 0 radical (unpaired) electrons. The first-order valence-electron chi connectivity index (χ1n) is 8.61. The molecule has 0 saturated carbocycles. The van der Waals surface area contributed by atoms with Crippen molar-refractivity contribution in [1.29, 1.82) is 0 Å². The molecule has 0 aliphatic carbocycles. The number of nitrogens with zero attached hydrogens (tertiary/aromatic N) is 2. The van der Waals surface area contributed by atoms with Gasteiger partial charge in [-0.25, -0.2) is 0 Å². The fourth-order valence-electron chi connectivity index (χ4n) is 3.29. The zero-order valence-corrected chi connectivity index (χ0v) is 14.9. The maximum atomic E-state index is 12.2. The zero-order valence-electron chi connectivity index (χ0n) is 14.9. The van der Waals surface area contributed by atoms with Gasteiger partial charge in [0.05, 0.1) is 13.5 Å². The summed E-state index contributed by atoms with van der Waals surface area (Å²) in [6, 6.07) is 11.2. The lowest BCUT2D eigenvalue weighted by Gasteiger charge is -2.41. The summed E-state index contributed by atoms with van der Waals surface area (Å²) in [5, 5.41) is 0. The van der Waals surface area contributed by atoms with Crippen molar-refractivity contribution in [3.05, 3.63) is 35.9 Å². The summed E-state index contributed by atoms with van der Waals surface area (Å²) < 4.78 is 4.60. The molecule has 1 heterocycles. The van der Waals surface area contributed by atoms with Crippen LogP contribution in [0.25, 0.3) is 0 Å². The van der Waals surface area contributed by atoms with E-state index in [2.05, 4.69) is 40.8 Å². The Morgan fingerprint density at radius 3 is 2.58 bits per heavy atom. The van der Waals surface area contributed by atoms with E-state index in [4.69, 9.17) is 0 Å². The van der Waals surface area contributed by atoms with Gasteiger partial charge in [-0.05, 0) is 25.3 Å². The van der Waals surface area contributed by atoms with Crippen LogP contribution in [0.5, 0.6) is 0 Å². The van der Waals surface area contributed by atoms with Gasteiger partial charge >= 0.3 is 5.97 Å². The quantitative estimate of drug-likeness (QED) is 0.751. The number of benzene rings is 1. The van der Waals surface area contributed by atoms with Crippen LogP contribution in [0.3, 0.4) is 0 Å². The van der Waals surface area contributed by atoms with Crippen LogP contribution in [0.15, 0.2) is 30.3 Å². The van der Waals surface area contributed by atoms with Gasteiger partial charge in [0.15, 0.2) is 0 Å². The van der Waals surface area contributed by atoms with Crippen LogP contribution in [0.4, 0.5) is 0 Å². The number of amides is 1. The van der Waals surface area contributed by atoms with Gasteiger partial charge in [0, 0.05) is 38.6 Å². The van der Waals surface area contributed by atoms with Crippen LogP contribution >= 0.6 is 0 Å². The first kappa shape index (κ1) is 18.5. The molecule has 1 amide bonds. The molecule has 1 saturated heterocycles. The monoisotopic (exact) mass is 332 g/mol. The first-order valence-corrected chi connectivity index (χ1v) is 8.61. The summed E-state index contributed by atoms with van der Waals surface area (Å²) in [6.07, 6.45) is 2.31. The highest BCUT2D eigenvalue weighted by molar-refractivity contribution is 5.81. The van der Waals surface area contributed by atoms with E-state index in [0.29, 0.717) is 6.04 Å². The number of hydrogen-bond acceptors (Lipinski definition) is 4. The highest BCUT2D eigenvalue weighted by Crippen LogP contribution is 2.23. The lowest BCUT2D eigenvalue weighted by atomic mass is 9.96. The van der Waals surface area contributed by atoms with E-state index < -0.39 is 0 Å². The second kappa shape index (κ2) is 8.83. The number of piperidine rings is 1.